The average molecular weight is 290 g/mol. The number of hydrogen-bond acceptors (Lipinski definition) is 1. The third-order valence-electron chi connectivity index (χ3n) is 5.30. The van der Waals surface area contributed by atoms with E-state index in [4.69, 9.17) is 4.74 Å². The van der Waals surface area contributed by atoms with Gasteiger partial charge in [0.1, 0.15) is 0 Å². The zero-order valence-corrected chi connectivity index (χ0v) is 14.3. The van der Waals surface area contributed by atoms with Crippen molar-refractivity contribution >= 4 is 0 Å². The quantitative estimate of drug-likeness (QED) is 0.374. The summed E-state index contributed by atoms with van der Waals surface area (Å²) in [7, 11) is 0. The fourth-order valence-electron chi connectivity index (χ4n) is 3.79. The number of hydrogen-bond donors (Lipinski definition) is 0. The van der Waals surface area contributed by atoms with Crippen LogP contribution in [0, 0.1) is 0 Å². The largest absolute Gasteiger partial charge is 0.381 e. The van der Waals surface area contributed by atoms with Gasteiger partial charge in [-0.1, -0.05) is 22.3 Å². The molecule has 2 aliphatic carbocycles. The van der Waals surface area contributed by atoms with Crippen molar-refractivity contribution in [3.8, 4) is 0 Å². The molecule has 0 N–H and O–H groups in total. The van der Waals surface area contributed by atoms with E-state index in [9.17, 15) is 0 Å². The molecule has 0 saturated heterocycles. The lowest BCUT2D eigenvalue weighted by atomic mass is 9.90. The van der Waals surface area contributed by atoms with Crippen molar-refractivity contribution in [1.82, 2.24) is 0 Å². The number of ether oxygens (including phenoxy) is 1. The molecule has 21 heavy (non-hydrogen) atoms. The zero-order chi connectivity index (χ0) is 14.9. The Morgan fingerprint density at radius 3 is 1.52 bits per heavy atom. The minimum Gasteiger partial charge on any atom is -0.381 e. The normalized spacial score (nSPS) is 20.3. The second-order valence-corrected chi connectivity index (χ2v) is 7.00. The van der Waals surface area contributed by atoms with Crippen molar-refractivity contribution in [2.24, 2.45) is 0 Å². The molecule has 0 saturated carbocycles. The maximum Gasteiger partial charge on any atom is 0.0469 e. The highest BCUT2D eigenvalue weighted by Gasteiger charge is 2.09. The van der Waals surface area contributed by atoms with Crippen molar-refractivity contribution in [1.29, 1.82) is 0 Å². The summed E-state index contributed by atoms with van der Waals surface area (Å²) in [6.45, 7) is 6.56. The Kier molecular flexibility index (Phi) is 7.57. The Morgan fingerprint density at radius 1 is 0.667 bits per heavy atom. The number of allylic oxidation sites excluding steroid dienone is 4. The first-order chi connectivity index (χ1) is 10.3. The highest BCUT2D eigenvalue weighted by atomic mass is 16.5. The van der Waals surface area contributed by atoms with Crippen molar-refractivity contribution in [3.05, 3.63) is 22.3 Å². The van der Waals surface area contributed by atoms with Crippen LogP contribution in [-0.4, -0.2) is 13.2 Å². The molecule has 0 heterocycles. The second kappa shape index (κ2) is 9.46. The van der Waals surface area contributed by atoms with Crippen molar-refractivity contribution in [2.75, 3.05) is 13.2 Å². The van der Waals surface area contributed by atoms with E-state index < -0.39 is 0 Å². The zero-order valence-electron chi connectivity index (χ0n) is 14.3. The predicted molar refractivity (Wildman–Crippen MR) is 91.6 cm³/mol. The summed E-state index contributed by atoms with van der Waals surface area (Å²) in [4.78, 5) is 0. The molecular formula is C20H34O. The van der Waals surface area contributed by atoms with E-state index in [1.165, 1.54) is 77.0 Å². The summed E-state index contributed by atoms with van der Waals surface area (Å²) in [6.07, 6.45) is 16.0. The van der Waals surface area contributed by atoms with E-state index in [2.05, 4.69) is 13.8 Å². The van der Waals surface area contributed by atoms with Crippen molar-refractivity contribution < 1.29 is 4.74 Å². The second-order valence-electron chi connectivity index (χ2n) is 7.00. The van der Waals surface area contributed by atoms with E-state index >= 15 is 0 Å². The van der Waals surface area contributed by atoms with Crippen molar-refractivity contribution in [2.45, 2.75) is 90.9 Å². The minimum absolute atomic E-state index is 0.953. The fraction of sp³-hybridized carbons (Fsp3) is 0.800. The first-order valence-corrected chi connectivity index (χ1v) is 9.20. The van der Waals surface area contributed by atoms with Crippen LogP contribution in [0.1, 0.15) is 90.9 Å². The minimum atomic E-state index is 0.953. The Bertz CT molecular complexity index is 339. The van der Waals surface area contributed by atoms with Crippen LogP contribution >= 0.6 is 0 Å². The van der Waals surface area contributed by atoms with Gasteiger partial charge in [0.25, 0.3) is 0 Å². The molecule has 2 rings (SSSR count). The molecule has 120 valence electrons. The lowest BCUT2D eigenvalue weighted by Crippen LogP contribution is -2.03. The highest BCUT2D eigenvalue weighted by molar-refractivity contribution is 5.15. The van der Waals surface area contributed by atoms with Crippen LogP contribution in [0.5, 0.6) is 0 Å². The van der Waals surface area contributed by atoms with Gasteiger partial charge in [0, 0.05) is 13.2 Å². The van der Waals surface area contributed by atoms with Gasteiger partial charge < -0.3 is 4.74 Å². The van der Waals surface area contributed by atoms with Crippen LogP contribution in [0.3, 0.4) is 0 Å². The molecule has 0 aromatic rings. The van der Waals surface area contributed by atoms with E-state index in [0.717, 1.165) is 13.2 Å². The Hall–Kier alpha value is -0.560. The molecule has 0 radical (unpaired) electrons. The van der Waals surface area contributed by atoms with E-state index in [1.807, 2.05) is 0 Å². The number of rotatable bonds is 8. The molecular weight excluding hydrogens is 256 g/mol. The molecule has 1 nitrogen and oxygen atoms in total. The van der Waals surface area contributed by atoms with Gasteiger partial charge in [0.15, 0.2) is 0 Å². The average Bonchev–Trinajstić information content (AvgIpc) is 2.50. The van der Waals surface area contributed by atoms with Gasteiger partial charge >= 0.3 is 0 Å². The summed E-state index contributed by atoms with van der Waals surface area (Å²) in [5, 5.41) is 0. The van der Waals surface area contributed by atoms with E-state index in [0.29, 0.717) is 0 Å². The van der Waals surface area contributed by atoms with Crippen LogP contribution in [-0.2, 0) is 4.74 Å². The molecule has 0 bridgehead atoms. The van der Waals surface area contributed by atoms with Gasteiger partial charge in [0.2, 0.25) is 0 Å². The Balaban J connectivity index is 1.50. The molecule has 0 aromatic carbocycles. The summed E-state index contributed by atoms with van der Waals surface area (Å²) >= 11 is 0. The van der Waals surface area contributed by atoms with Crippen LogP contribution < -0.4 is 0 Å². The molecule has 1 heteroatoms. The maximum atomic E-state index is 5.84. The summed E-state index contributed by atoms with van der Waals surface area (Å²) < 4.78 is 5.84. The molecule has 0 unspecified atom stereocenters. The van der Waals surface area contributed by atoms with Gasteiger partial charge in [-0.15, -0.1) is 0 Å². The van der Waals surface area contributed by atoms with Gasteiger partial charge in [-0.05, 0) is 90.9 Å². The molecule has 0 atom stereocenters. The third-order valence-corrected chi connectivity index (χ3v) is 5.30. The summed E-state index contributed by atoms with van der Waals surface area (Å²) in [5.74, 6) is 0. The molecule has 0 amide bonds. The molecule has 0 spiro atoms. The van der Waals surface area contributed by atoms with Crippen LogP contribution in [0.4, 0.5) is 0 Å². The molecule has 0 fully saturated rings. The first kappa shape index (κ1) is 16.8. The maximum absolute atomic E-state index is 5.84. The van der Waals surface area contributed by atoms with Crippen LogP contribution in [0.2, 0.25) is 0 Å². The van der Waals surface area contributed by atoms with Gasteiger partial charge in [-0.25, -0.2) is 0 Å². The Morgan fingerprint density at radius 2 is 1.10 bits per heavy atom. The lowest BCUT2D eigenvalue weighted by Gasteiger charge is -2.18. The Labute approximate surface area is 131 Å². The molecule has 0 aromatic heterocycles. The first-order valence-electron chi connectivity index (χ1n) is 9.20. The standard InChI is InChI=1S/C20H34O/c1-17-9-3-5-11-19(17)13-7-15-21-16-8-14-20-12-6-4-10-18(20)2/h3-16H2,1-2H3. The topological polar surface area (TPSA) is 9.23 Å². The highest BCUT2D eigenvalue weighted by Crippen LogP contribution is 2.28. The van der Waals surface area contributed by atoms with Gasteiger partial charge in [-0.3, -0.25) is 0 Å². The molecule has 0 aliphatic heterocycles. The van der Waals surface area contributed by atoms with Gasteiger partial charge in [0.05, 0.1) is 0 Å². The lowest BCUT2D eigenvalue weighted by molar-refractivity contribution is 0.129. The van der Waals surface area contributed by atoms with Crippen LogP contribution in [0.25, 0.3) is 0 Å². The fourth-order valence-corrected chi connectivity index (χ4v) is 3.79. The molecule has 2 aliphatic rings. The van der Waals surface area contributed by atoms with Crippen LogP contribution in [0.15, 0.2) is 22.3 Å². The third kappa shape index (κ3) is 5.98. The SMILES string of the molecule is CC1=C(CCCOCCCC2=C(C)CCCC2)CCCC1. The van der Waals surface area contributed by atoms with Crippen molar-refractivity contribution in [3.63, 3.8) is 0 Å². The van der Waals surface area contributed by atoms with E-state index in [-0.39, 0.29) is 0 Å². The van der Waals surface area contributed by atoms with E-state index in [1.54, 1.807) is 22.3 Å². The predicted octanol–water partition coefficient (Wildman–Crippen LogP) is 6.34. The monoisotopic (exact) mass is 290 g/mol. The summed E-state index contributed by atoms with van der Waals surface area (Å²) in [6, 6.07) is 0. The summed E-state index contributed by atoms with van der Waals surface area (Å²) in [5.41, 5.74) is 6.79. The van der Waals surface area contributed by atoms with Gasteiger partial charge in [-0.2, -0.15) is 0 Å². The smallest absolute Gasteiger partial charge is 0.0469 e.